The minimum atomic E-state index is -1.28. The highest BCUT2D eigenvalue weighted by atomic mass is 16.7. The average Bonchev–Trinajstić information content (AvgIpc) is 3.15. The van der Waals surface area contributed by atoms with E-state index in [1.54, 1.807) is 20.8 Å². The molecule has 4 aromatic carbocycles. The maximum absolute atomic E-state index is 13.5. The van der Waals surface area contributed by atoms with Crippen LogP contribution in [0, 0.1) is 0 Å². The first-order valence-corrected chi connectivity index (χ1v) is 18.0. The van der Waals surface area contributed by atoms with Crippen LogP contribution in [0.2, 0.25) is 0 Å². The molecule has 10 nitrogen and oxygen atoms in total. The van der Waals surface area contributed by atoms with Gasteiger partial charge in [0.2, 0.25) is 0 Å². The molecular weight excluding hydrogens is 676 g/mol. The molecule has 6 atom stereocenters. The Bertz CT molecular complexity index is 1650. The Labute approximate surface area is 311 Å². The number of carboxylic acid groups (broad SMARTS) is 1. The van der Waals surface area contributed by atoms with E-state index in [0.717, 1.165) is 22.3 Å². The molecule has 0 radical (unpaired) electrons. The van der Waals surface area contributed by atoms with Gasteiger partial charge < -0.3 is 38.3 Å². The topological polar surface area (TPSA) is 119 Å². The number of aliphatic carboxylic acids is 1. The van der Waals surface area contributed by atoms with Crippen molar-refractivity contribution in [3.8, 4) is 0 Å². The van der Waals surface area contributed by atoms with Crippen molar-refractivity contribution in [3.63, 3.8) is 0 Å². The zero-order valence-corrected chi connectivity index (χ0v) is 30.6. The molecule has 0 aliphatic carbocycles. The van der Waals surface area contributed by atoms with Crippen LogP contribution in [0.4, 0.5) is 0 Å². The second kappa shape index (κ2) is 20.1. The van der Waals surface area contributed by atoms with Gasteiger partial charge in [0.15, 0.2) is 12.4 Å². The first-order chi connectivity index (χ1) is 25.6. The van der Waals surface area contributed by atoms with Crippen LogP contribution in [-0.2, 0) is 69.2 Å². The molecule has 1 fully saturated rings. The van der Waals surface area contributed by atoms with Crippen LogP contribution < -0.4 is 0 Å². The second-order valence-electron chi connectivity index (χ2n) is 13.9. The number of esters is 1. The fourth-order valence-corrected chi connectivity index (χ4v) is 5.88. The summed E-state index contributed by atoms with van der Waals surface area (Å²) in [6.07, 6.45) is -6.13. The van der Waals surface area contributed by atoms with Crippen LogP contribution >= 0.6 is 0 Å². The molecule has 0 bridgehead atoms. The average molecular weight is 727 g/mol. The lowest BCUT2D eigenvalue weighted by Gasteiger charge is -2.46. The van der Waals surface area contributed by atoms with Gasteiger partial charge >= 0.3 is 11.9 Å². The number of benzene rings is 4. The molecule has 0 spiro atoms. The Hall–Kier alpha value is -4.42. The summed E-state index contributed by atoms with van der Waals surface area (Å²) in [4.78, 5) is 25.2. The maximum atomic E-state index is 13.5. The summed E-state index contributed by atoms with van der Waals surface area (Å²) < 4.78 is 45.1. The van der Waals surface area contributed by atoms with Crippen LogP contribution in [0.1, 0.15) is 55.9 Å². The van der Waals surface area contributed by atoms with Crippen LogP contribution in [-0.4, -0.2) is 66.1 Å². The highest BCUT2D eigenvalue weighted by molar-refractivity contribution is 5.76. The van der Waals surface area contributed by atoms with E-state index in [1.165, 1.54) is 0 Å². The molecule has 1 aliphatic heterocycles. The van der Waals surface area contributed by atoms with Crippen molar-refractivity contribution in [2.75, 3.05) is 6.61 Å². The van der Waals surface area contributed by atoms with Gasteiger partial charge in [-0.3, -0.25) is 4.79 Å². The fourth-order valence-electron chi connectivity index (χ4n) is 5.88. The van der Waals surface area contributed by atoms with Crippen molar-refractivity contribution in [3.05, 3.63) is 144 Å². The second-order valence-corrected chi connectivity index (χ2v) is 13.9. The Morgan fingerprint density at radius 3 is 1.53 bits per heavy atom. The summed E-state index contributed by atoms with van der Waals surface area (Å²) in [6, 6.07) is 39.0. The Morgan fingerprint density at radius 2 is 1.08 bits per heavy atom. The first kappa shape index (κ1) is 39.8. The Kier molecular flexibility index (Phi) is 15.1. The third kappa shape index (κ3) is 13.2. The number of carboxylic acids is 1. The molecule has 1 heterocycles. The van der Waals surface area contributed by atoms with E-state index < -0.39 is 54.3 Å². The van der Waals surface area contributed by atoms with Crippen molar-refractivity contribution in [1.29, 1.82) is 0 Å². The summed E-state index contributed by atoms with van der Waals surface area (Å²) in [5, 5.41) is 9.57. The predicted molar refractivity (Wildman–Crippen MR) is 197 cm³/mol. The lowest BCUT2D eigenvalue weighted by molar-refractivity contribution is -0.335. The number of rotatable bonds is 19. The monoisotopic (exact) mass is 726 g/mol. The molecular formula is C43H50O10. The number of hydrogen-bond donors (Lipinski definition) is 1. The molecule has 10 heteroatoms. The van der Waals surface area contributed by atoms with Crippen LogP contribution in [0.15, 0.2) is 121 Å². The number of carbonyl (C=O) groups excluding carboxylic acids is 1. The van der Waals surface area contributed by atoms with Crippen LogP contribution in [0.3, 0.4) is 0 Å². The smallest absolute Gasteiger partial charge is 0.335 e. The van der Waals surface area contributed by atoms with Crippen molar-refractivity contribution in [1.82, 2.24) is 0 Å². The molecule has 1 aliphatic rings. The largest absolute Gasteiger partial charge is 0.481 e. The third-order valence-electron chi connectivity index (χ3n) is 8.43. The standard InChI is InChI=1S/C43H50O10/c1-43(2,3)53-41(46)35(24-25-37(44)45)51-42-40(50-29-34-22-14-7-15-23-34)39(49-28-33-20-12-6-13-21-33)38(48-27-32-18-10-5-11-19-32)36(52-42)30-47-26-31-16-8-4-9-17-31/h4-23,35-36,38-40,42H,24-30H2,1-3H3,(H,44,45)/t35-,36-,38+,39+,40-,42+/m1/s1. The van der Waals surface area contributed by atoms with Gasteiger partial charge in [0, 0.05) is 6.42 Å². The van der Waals surface area contributed by atoms with Gasteiger partial charge in [0.05, 0.1) is 33.0 Å². The molecule has 1 N–H and O–H groups in total. The summed E-state index contributed by atoms with van der Waals surface area (Å²) >= 11 is 0. The molecule has 0 aromatic heterocycles. The lowest BCUT2D eigenvalue weighted by Crippen LogP contribution is -2.62. The Morgan fingerprint density at radius 1 is 0.642 bits per heavy atom. The number of hydrogen-bond acceptors (Lipinski definition) is 9. The van der Waals surface area contributed by atoms with E-state index in [2.05, 4.69) is 0 Å². The molecule has 282 valence electrons. The SMILES string of the molecule is CC(C)(C)OC(=O)[C@@H](CCC(=O)O)O[C@H]1O[C@H](COCc2ccccc2)[C@H](OCc2ccccc2)[C@H](OCc2ccccc2)[C@H]1OCc1ccccc1. The molecule has 0 saturated carbocycles. The van der Waals surface area contributed by atoms with Gasteiger partial charge in [-0.25, -0.2) is 4.79 Å². The fraction of sp³-hybridized carbons (Fsp3) is 0.395. The minimum Gasteiger partial charge on any atom is -0.481 e. The number of carbonyl (C=O) groups is 2. The zero-order valence-electron chi connectivity index (χ0n) is 30.6. The highest BCUT2D eigenvalue weighted by Gasteiger charge is 2.50. The van der Waals surface area contributed by atoms with Crippen LogP contribution in [0.5, 0.6) is 0 Å². The molecule has 0 amide bonds. The van der Waals surface area contributed by atoms with Gasteiger partial charge in [-0.15, -0.1) is 0 Å². The van der Waals surface area contributed by atoms with E-state index in [-0.39, 0.29) is 39.3 Å². The highest BCUT2D eigenvalue weighted by Crippen LogP contribution is 2.33. The van der Waals surface area contributed by atoms with Crippen molar-refractivity contribution in [2.24, 2.45) is 0 Å². The van der Waals surface area contributed by atoms with Gasteiger partial charge in [-0.1, -0.05) is 121 Å². The molecule has 53 heavy (non-hydrogen) atoms. The molecule has 5 rings (SSSR count). The zero-order chi connectivity index (χ0) is 37.5. The van der Waals surface area contributed by atoms with Crippen molar-refractivity contribution in [2.45, 2.75) is 102 Å². The van der Waals surface area contributed by atoms with Crippen molar-refractivity contribution < 1.29 is 47.9 Å². The predicted octanol–water partition coefficient (Wildman–Crippen LogP) is 7.28. The van der Waals surface area contributed by atoms with E-state index >= 15 is 0 Å². The summed E-state index contributed by atoms with van der Waals surface area (Å²) in [5.41, 5.74) is 2.93. The lowest BCUT2D eigenvalue weighted by atomic mass is 9.97. The Balaban J connectivity index is 1.51. The van der Waals surface area contributed by atoms with E-state index in [4.69, 9.17) is 33.2 Å². The van der Waals surface area contributed by atoms with Gasteiger partial charge in [0.1, 0.15) is 30.0 Å². The van der Waals surface area contributed by atoms with Gasteiger partial charge in [-0.05, 0) is 49.4 Å². The summed E-state index contributed by atoms with van der Waals surface area (Å²) in [7, 11) is 0. The third-order valence-corrected chi connectivity index (χ3v) is 8.43. The van der Waals surface area contributed by atoms with Gasteiger partial charge in [-0.2, -0.15) is 0 Å². The van der Waals surface area contributed by atoms with Gasteiger partial charge in [0.25, 0.3) is 0 Å². The van der Waals surface area contributed by atoms with E-state index in [9.17, 15) is 14.7 Å². The van der Waals surface area contributed by atoms with E-state index in [1.807, 2.05) is 121 Å². The molecule has 1 saturated heterocycles. The maximum Gasteiger partial charge on any atom is 0.335 e. The van der Waals surface area contributed by atoms with Crippen LogP contribution in [0.25, 0.3) is 0 Å². The number of ether oxygens (including phenoxy) is 7. The summed E-state index contributed by atoms with van der Waals surface area (Å²) in [5.74, 6) is -1.78. The molecule has 4 aromatic rings. The quantitative estimate of drug-likeness (QED) is 0.0989. The first-order valence-electron chi connectivity index (χ1n) is 18.0. The summed E-state index contributed by atoms with van der Waals surface area (Å²) in [6.45, 7) is 6.29. The minimum absolute atomic E-state index is 0.0943. The molecule has 0 unspecified atom stereocenters. The van der Waals surface area contributed by atoms with E-state index in [0.29, 0.717) is 6.61 Å². The normalized spacial score (nSPS) is 20.8. The van der Waals surface area contributed by atoms with Crippen molar-refractivity contribution >= 4 is 11.9 Å².